The number of carbonyl (C=O) groups is 1. The molecule has 2 nitrogen and oxygen atoms in total. The van der Waals surface area contributed by atoms with Gasteiger partial charge in [0.15, 0.2) is 6.29 Å². The monoisotopic (exact) mass is 310 g/mol. The number of aryl methyl sites for hydroxylation is 1. The highest BCUT2D eigenvalue weighted by Gasteiger charge is 2.21. The van der Waals surface area contributed by atoms with Gasteiger partial charge in [-0.25, -0.2) is 0 Å². The molecule has 0 amide bonds. The Labute approximate surface area is 117 Å². The van der Waals surface area contributed by atoms with Crippen LogP contribution in [0.3, 0.4) is 0 Å². The van der Waals surface area contributed by atoms with Gasteiger partial charge in [0, 0.05) is 4.47 Å². The van der Waals surface area contributed by atoms with E-state index in [1.54, 1.807) is 0 Å². The van der Waals surface area contributed by atoms with Crippen LogP contribution in [-0.4, -0.2) is 12.4 Å². The van der Waals surface area contributed by atoms with Crippen molar-refractivity contribution in [3.05, 3.63) is 27.7 Å². The van der Waals surface area contributed by atoms with Crippen molar-refractivity contribution in [3.8, 4) is 5.75 Å². The van der Waals surface area contributed by atoms with E-state index in [0.717, 1.165) is 40.8 Å². The van der Waals surface area contributed by atoms with Gasteiger partial charge in [-0.1, -0.05) is 22.9 Å². The molecule has 1 fully saturated rings. The maximum Gasteiger partial charge on any atom is 0.153 e. The molecule has 0 heterocycles. The molecule has 2 rings (SSSR count). The van der Waals surface area contributed by atoms with Crippen LogP contribution in [0.1, 0.15) is 48.5 Å². The van der Waals surface area contributed by atoms with Crippen LogP contribution in [0.4, 0.5) is 0 Å². The molecule has 0 spiro atoms. The molecule has 98 valence electrons. The van der Waals surface area contributed by atoms with Crippen molar-refractivity contribution in [3.63, 3.8) is 0 Å². The molecular weight excluding hydrogens is 292 g/mol. The van der Waals surface area contributed by atoms with Crippen LogP contribution < -0.4 is 4.74 Å². The molecule has 3 heteroatoms. The normalized spacial score (nSPS) is 23.7. The number of carbonyl (C=O) groups excluding carboxylic acids is 1. The molecule has 0 saturated heterocycles. The van der Waals surface area contributed by atoms with Crippen LogP contribution in [0, 0.1) is 12.8 Å². The molecule has 0 unspecified atom stereocenters. The van der Waals surface area contributed by atoms with Gasteiger partial charge >= 0.3 is 0 Å². The largest absolute Gasteiger partial charge is 0.489 e. The fraction of sp³-hybridized carbons (Fsp3) is 0.533. The highest BCUT2D eigenvalue weighted by atomic mass is 79.9. The van der Waals surface area contributed by atoms with Gasteiger partial charge in [-0.3, -0.25) is 4.79 Å². The topological polar surface area (TPSA) is 26.3 Å². The summed E-state index contributed by atoms with van der Waals surface area (Å²) in [6.45, 7) is 4.27. The minimum absolute atomic E-state index is 0.264. The maximum absolute atomic E-state index is 11.1. The van der Waals surface area contributed by atoms with E-state index in [-0.39, 0.29) is 6.10 Å². The summed E-state index contributed by atoms with van der Waals surface area (Å²) in [4.78, 5) is 11.1. The summed E-state index contributed by atoms with van der Waals surface area (Å²) in [5, 5.41) is 0. The van der Waals surface area contributed by atoms with E-state index < -0.39 is 0 Å². The summed E-state index contributed by atoms with van der Waals surface area (Å²) in [5.41, 5.74) is 1.66. The maximum atomic E-state index is 11.1. The minimum atomic E-state index is 0.264. The summed E-state index contributed by atoms with van der Waals surface area (Å²) < 4.78 is 6.98. The van der Waals surface area contributed by atoms with E-state index in [2.05, 4.69) is 22.9 Å². The number of hydrogen-bond acceptors (Lipinski definition) is 2. The molecule has 0 bridgehead atoms. The summed E-state index contributed by atoms with van der Waals surface area (Å²) in [7, 11) is 0. The zero-order chi connectivity index (χ0) is 13.1. The number of rotatable bonds is 3. The van der Waals surface area contributed by atoms with Gasteiger partial charge in [0.05, 0.1) is 11.7 Å². The molecule has 0 aliphatic heterocycles. The molecule has 1 aromatic rings. The number of halogens is 1. The fourth-order valence-electron chi connectivity index (χ4n) is 2.52. The molecule has 18 heavy (non-hydrogen) atoms. The van der Waals surface area contributed by atoms with Crippen molar-refractivity contribution < 1.29 is 9.53 Å². The average Bonchev–Trinajstić information content (AvgIpc) is 2.34. The Balaban J connectivity index is 2.15. The number of aldehydes is 1. The Morgan fingerprint density at radius 1 is 1.28 bits per heavy atom. The van der Waals surface area contributed by atoms with Crippen molar-refractivity contribution in [2.45, 2.75) is 45.6 Å². The molecule has 1 aromatic carbocycles. The van der Waals surface area contributed by atoms with Gasteiger partial charge in [0.25, 0.3) is 0 Å². The first kappa shape index (κ1) is 13.6. The molecule has 1 saturated carbocycles. The lowest BCUT2D eigenvalue weighted by Crippen LogP contribution is -2.23. The molecule has 1 aliphatic carbocycles. The van der Waals surface area contributed by atoms with E-state index in [1.807, 2.05) is 19.1 Å². The Hall–Kier alpha value is -0.830. The Bertz CT molecular complexity index is 434. The fourth-order valence-corrected chi connectivity index (χ4v) is 3.11. The third-order valence-corrected chi connectivity index (χ3v) is 4.10. The number of hydrogen-bond donors (Lipinski definition) is 0. The van der Waals surface area contributed by atoms with Crippen molar-refractivity contribution in [2.24, 2.45) is 5.92 Å². The second-order valence-corrected chi connectivity index (χ2v) is 6.17. The summed E-state index contributed by atoms with van der Waals surface area (Å²) in [6, 6.07) is 3.81. The lowest BCUT2D eigenvalue weighted by Gasteiger charge is -2.28. The number of benzene rings is 1. The zero-order valence-electron chi connectivity index (χ0n) is 10.9. The highest BCUT2D eigenvalue weighted by molar-refractivity contribution is 9.10. The smallest absolute Gasteiger partial charge is 0.153 e. The summed E-state index contributed by atoms with van der Waals surface area (Å²) in [5.74, 6) is 1.56. The predicted octanol–water partition coefficient (Wildman–Crippen LogP) is 4.53. The van der Waals surface area contributed by atoms with Crippen LogP contribution in [0.2, 0.25) is 0 Å². The van der Waals surface area contributed by atoms with E-state index >= 15 is 0 Å². The summed E-state index contributed by atoms with van der Waals surface area (Å²) >= 11 is 3.41. The molecular formula is C15H19BrO2. The molecule has 0 aromatic heterocycles. The third-order valence-electron chi connectivity index (χ3n) is 3.64. The van der Waals surface area contributed by atoms with Crippen molar-refractivity contribution >= 4 is 22.2 Å². The van der Waals surface area contributed by atoms with E-state index in [9.17, 15) is 4.79 Å². The Kier molecular flexibility index (Phi) is 4.44. The first-order valence-electron chi connectivity index (χ1n) is 6.52. The van der Waals surface area contributed by atoms with E-state index in [1.165, 1.54) is 12.8 Å². The second-order valence-electron chi connectivity index (χ2n) is 5.26. The quantitative estimate of drug-likeness (QED) is 0.767. The first-order valence-corrected chi connectivity index (χ1v) is 7.31. The van der Waals surface area contributed by atoms with E-state index in [4.69, 9.17) is 4.74 Å². The predicted molar refractivity (Wildman–Crippen MR) is 76.3 cm³/mol. The lowest BCUT2D eigenvalue weighted by atomic mass is 9.89. The van der Waals surface area contributed by atoms with Crippen LogP contribution >= 0.6 is 15.9 Å². The van der Waals surface area contributed by atoms with Crippen molar-refractivity contribution in [2.75, 3.05) is 0 Å². The van der Waals surface area contributed by atoms with Gasteiger partial charge < -0.3 is 4.74 Å². The van der Waals surface area contributed by atoms with Crippen LogP contribution in [0.25, 0.3) is 0 Å². The van der Waals surface area contributed by atoms with Crippen LogP contribution in [0.15, 0.2) is 16.6 Å². The SMILES string of the molecule is Cc1cc(Br)cc(C=O)c1OC1CCC(C)CC1. The molecule has 1 aliphatic rings. The van der Waals surface area contributed by atoms with Crippen LogP contribution in [0.5, 0.6) is 5.75 Å². The number of ether oxygens (including phenoxy) is 1. The van der Waals surface area contributed by atoms with Crippen LogP contribution in [-0.2, 0) is 0 Å². The van der Waals surface area contributed by atoms with E-state index in [0.29, 0.717) is 5.56 Å². The van der Waals surface area contributed by atoms with Crippen molar-refractivity contribution in [1.29, 1.82) is 0 Å². The summed E-state index contributed by atoms with van der Waals surface area (Å²) in [6.07, 6.45) is 5.76. The molecule has 0 atom stereocenters. The van der Waals surface area contributed by atoms with Gasteiger partial charge in [-0.05, 0) is 56.2 Å². The zero-order valence-corrected chi connectivity index (χ0v) is 12.5. The van der Waals surface area contributed by atoms with Gasteiger partial charge in [-0.15, -0.1) is 0 Å². The standard InChI is InChI=1S/C15H19BrO2/c1-10-3-5-14(6-4-10)18-15-11(2)7-13(16)8-12(15)9-17/h7-10,14H,3-6H2,1-2H3. The van der Waals surface area contributed by atoms with Crippen molar-refractivity contribution in [1.82, 2.24) is 0 Å². The molecule has 0 radical (unpaired) electrons. The first-order chi connectivity index (χ1) is 8.60. The van der Waals surface area contributed by atoms with Gasteiger partial charge in [-0.2, -0.15) is 0 Å². The minimum Gasteiger partial charge on any atom is -0.489 e. The van der Waals surface area contributed by atoms with Gasteiger partial charge in [0.1, 0.15) is 5.75 Å². The second kappa shape index (κ2) is 5.87. The molecule has 0 N–H and O–H groups in total. The average molecular weight is 311 g/mol. The third kappa shape index (κ3) is 3.14. The lowest BCUT2D eigenvalue weighted by molar-refractivity contribution is 0.110. The van der Waals surface area contributed by atoms with Gasteiger partial charge in [0.2, 0.25) is 0 Å². The Morgan fingerprint density at radius 2 is 1.94 bits per heavy atom. The Morgan fingerprint density at radius 3 is 2.56 bits per heavy atom. The highest BCUT2D eigenvalue weighted by Crippen LogP contribution is 2.32.